The van der Waals surface area contributed by atoms with E-state index in [4.69, 9.17) is 9.47 Å². The molecule has 1 aromatic heterocycles. The number of hydrogen-bond acceptors (Lipinski definition) is 5. The van der Waals surface area contributed by atoms with E-state index in [0.29, 0.717) is 30.4 Å². The normalized spacial score (nSPS) is 16.1. The Kier molecular flexibility index (Phi) is 6.30. The van der Waals surface area contributed by atoms with Crippen LogP contribution in [0.5, 0.6) is 11.5 Å². The molecule has 0 N–H and O–H groups in total. The van der Waals surface area contributed by atoms with Crippen molar-refractivity contribution in [3.63, 3.8) is 0 Å². The number of carbonyl (C=O) groups is 1. The lowest BCUT2D eigenvalue weighted by Gasteiger charge is -2.32. The van der Waals surface area contributed by atoms with Crippen molar-refractivity contribution in [2.75, 3.05) is 27.3 Å². The smallest absolute Gasteiger partial charge is 0.350 e. The van der Waals surface area contributed by atoms with Gasteiger partial charge in [0.15, 0.2) is 11.5 Å². The lowest BCUT2D eigenvalue weighted by Crippen LogP contribution is -2.40. The van der Waals surface area contributed by atoms with E-state index in [9.17, 15) is 9.59 Å². The van der Waals surface area contributed by atoms with Crippen LogP contribution in [-0.4, -0.2) is 52.5 Å². The van der Waals surface area contributed by atoms with E-state index in [0.717, 1.165) is 24.1 Å². The third kappa shape index (κ3) is 4.26. The van der Waals surface area contributed by atoms with Gasteiger partial charge < -0.3 is 14.4 Å². The van der Waals surface area contributed by atoms with Gasteiger partial charge in [-0.15, -0.1) is 0 Å². The Hall–Kier alpha value is -3.55. The number of amides is 1. The second kappa shape index (κ2) is 9.30. The molecule has 1 atom stereocenters. The number of aromatic nitrogens is 3. The van der Waals surface area contributed by atoms with Gasteiger partial charge in [-0.2, -0.15) is 5.10 Å². The molecule has 0 bridgehead atoms. The van der Waals surface area contributed by atoms with Crippen LogP contribution < -0.4 is 15.2 Å². The fourth-order valence-electron chi connectivity index (χ4n) is 4.26. The molecule has 2 heterocycles. The van der Waals surface area contributed by atoms with Gasteiger partial charge >= 0.3 is 5.69 Å². The van der Waals surface area contributed by atoms with Crippen LogP contribution in [0, 0.1) is 0 Å². The number of methoxy groups -OCH3 is 2. The molecular formula is C24H28N4O4. The first-order valence-electron chi connectivity index (χ1n) is 10.7. The van der Waals surface area contributed by atoms with Crippen molar-refractivity contribution in [3.8, 4) is 17.2 Å². The maximum atomic E-state index is 13.1. The number of benzene rings is 2. The topological polar surface area (TPSA) is 78.6 Å². The van der Waals surface area contributed by atoms with Crippen LogP contribution in [0.3, 0.4) is 0 Å². The van der Waals surface area contributed by atoms with Crippen LogP contribution in [0.1, 0.15) is 30.1 Å². The highest BCUT2D eigenvalue weighted by atomic mass is 16.5. The van der Waals surface area contributed by atoms with Crippen molar-refractivity contribution in [3.05, 3.63) is 70.4 Å². The molecule has 0 spiro atoms. The predicted octanol–water partition coefficient (Wildman–Crippen LogP) is 2.54. The number of piperidine rings is 1. The summed E-state index contributed by atoms with van der Waals surface area (Å²) in [6.07, 6.45) is 2.02. The largest absolute Gasteiger partial charge is 0.493 e. The Morgan fingerprint density at radius 3 is 2.56 bits per heavy atom. The van der Waals surface area contributed by atoms with Crippen LogP contribution in [0.25, 0.3) is 5.69 Å². The van der Waals surface area contributed by atoms with Gasteiger partial charge in [-0.25, -0.2) is 14.0 Å². The molecule has 1 saturated heterocycles. The van der Waals surface area contributed by atoms with E-state index in [2.05, 4.69) is 5.10 Å². The number of aryl methyl sites for hydroxylation is 1. The average Bonchev–Trinajstić information content (AvgIpc) is 3.13. The molecule has 2 aromatic carbocycles. The summed E-state index contributed by atoms with van der Waals surface area (Å²) >= 11 is 0. The molecular weight excluding hydrogens is 408 g/mol. The fourth-order valence-corrected chi connectivity index (χ4v) is 4.26. The van der Waals surface area contributed by atoms with Gasteiger partial charge in [0.2, 0.25) is 5.91 Å². The van der Waals surface area contributed by atoms with E-state index in [1.165, 1.54) is 4.68 Å². The standard InChI is InChI=1S/C24H28N4O4/c1-26-24(30)28(19-9-5-4-6-10-19)23(25-26)18-8-7-13-27(16-18)22(29)15-17-11-12-20(31-2)21(14-17)32-3/h4-6,9-12,14,18H,7-8,13,15-16H2,1-3H3. The second-order valence-electron chi connectivity index (χ2n) is 7.98. The highest BCUT2D eigenvalue weighted by Crippen LogP contribution is 2.29. The lowest BCUT2D eigenvalue weighted by atomic mass is 9.96. The van der Waals surface area contributed by atoms with Gasteiger partial charge in [-0.3, -0.25) is 4.79 Å². The first-order chi connectivity index (χ1) is 15.5. The van der Waals surface area contributed by atoms with Crippen LogP contribution in [-0.2, 0) is 18.3 Å². The Balaban J connectivity index is 1.54. The van der Waals surface area contributed by atoms with Crippen molar-refractivity contribution in [1.82, 2.24) is 19.2 Å². The monoisotopic (exact) mass is 436 g/mol. The molecule has 1 fully saturated rings. The van der Waals surface area contributed by atoms with Crippen LogP contribution in [0.15, 0.2) is 53.3 Å². The fraction of sp³-hybridized carbons (Fsp3) is 0.375. The molecule has 1 unspecified atom stereocenters. The van der Waals surface area contributed by atoms with E-state index >= 15 is 0 Å². The zero-order chi connectivity index (χ0) is 22.7. The number of likely N-dealkylation sites (tertiary alicyclic amines) is 1. The minimum absolute atomic E-state index is 0.00721. The van der Waals surface area contributed by atoms with Crippen LogP contribution in [0.4, 0.5) is 0 Å². The molecule has 8 nitrogen and oxygen atoms in total. The van der Waals surface area contributed by atoms with Gasteiger partial charge in [0, 0.05) is 26.1 Å². The summed E-state index contributed by atoms with van der Waals surface area (Å²) in [5, 5.41) is 4.53. The van der Waals surface area contributed by atoms with E-state index in [-0.39, 0.29) is 23.9 Å². The van der Waals surface area contributed by atoms with Gasteiger partial charge in [0.05, 0.1) is 26.3 Å². The predicted molar refractivity (Wildman–Crippen MR) is 121 cm³/mol. The maximum absolute atomic E-state index is 13.1. The average molecular weight is 437 g/mol. The van der Waals surface area contributed by atoms with Gasteiger partial charge in [0.1, 0.15) is 5.82 Å². The molecule has 1 amide bonds. The summed E-state index contributed by atoms with van der Waals surface area (Å²) in [7, 11) is 4.83. The van der Waals surface area contributed by atoms with Crippen molar-refractivity contribution >= 4 is 5.91 Å². The van der Waals surface area contributed by atoms with Crippen molar-refractivity contribution in [2.24, 2.45) is 7.05 Å². The molecule has 1 aliphatic rings. The number of carbonyl (C=O) groups excluding carboxylic acids is 1. The number of rotatable bonds is 6. The minimum atomic E-state index is -0.181. The zero-order valence-electron chi connectivity index (χ0n) is 18.7. The van der Waals surface area contributed by atoms with E-state index in [1.54, 1.807) is 25.8 Å². The second-order valence-corrected chi connectivity index (χ2v) is 7.98. The highest BCUT2D eigenvalue weighted by Gasteiger charge is 2.29. The molecule has 3 aromatic rings. The summed E-state index contributed by atoms with van der Waals surface area (Å²) in [4.78, 5) is 27.7. The van der Waals surface area contributed by atoms with Crippen molar-refractivity contribution in [2.45, 2.75) is 25.2 Å². The van der Waals surface area contributed by atoms with Gasteiger partial charge in [-0.1, -0.05) is 24.3 Å². The summed E-state index contributed by atoms with van der Waals surface area (Å²) in [6.45, 7) is 1.24. The Morgan fingerprint density at radius 1 is 1.09 bits per heavy atom. The van der Waals surface area contributed by atoms with Crippen molar-refractivity contribution < 1.29 is 14.3 Å². The Labute approximate surface area is 187 Å². The first-order valence-corrected chi connectivity index (χ1v) is 10.7. The van der Waals surface area contributed by atoms with Crippen molar-refractivity contribution in [1.29, 1.82) is 0 Å². The third-order valence-corrected chi connectivity index (χ3v) is 5.91. The summed E-state index contributed by atoms with van der Waals surface area (Å²) in [5.74, 6) is 1.98. The highest BCUT2D eigenvalue weighted by molar-refractivity contribution is 5.79. The van der Waals surface area contributed by atoms with Gasteiger partial charge in [-0.05, 0) is 42.7 Å². The molecule has 0 aliphatic carbocycles. The molecule has 4 rings (SSSR count). The van der Waals surface area contributed by atoms with Crippen LogP contribution >= 0.6 is 0 Å². The van der Waals surface area contributed by atoms with E-state index < -0.39 is 0 Å². The minimum Gasteiger partial charge on any atom is -0.493 e. The quantitative estimate of drug-likeness (QED) is 0.593. The zero-order valence-corrected chi connectivity index (χ0v) is 18.7. The Bertz CT molecular complexity index is 1150. The molecule has 0 saturated carbocycles. The SMILES string of the molecule is COc1ccc(CC(=O)N2CCCC(c3nn(C)c(=O)n3-c3ccccc3)C2)cc1OC. The number of para-hydroxylation sites is 1. The molecule has 168 valence electrons. The summed E-state index contributed by atoms with van der Waals surface area (Å²) in [5.41, 5.74) is 1.48. The Morgan fingerprint density at radius 2 is 1.84 bits per heavy atom. The first kappa shape index (κ1) is 21.7. The third-order valence-electron chi connectivity index (χ3n) is 5.91. The summed E-state index contributed by atoms with van der Waals surface area (Å²) in [6, 6.07) is 15.0. The summed E-state index contributed by atoms with van der Waals surface area (Å²) < 4.78 is 13.7. The molecule has 8 heteroatoms. The van der Waals surface area contributed by atoms with Crippen LogP contribution in [0.2, 0.25) is 0 Å². The molecule has 32 heavy (non-hydrogen) atoms. The molecule has 0 radical (unpaired) electrons. The van der Waals surface area contributed by atoms with E-state index in [1.807, 2.05) is 53.4 Å². The number of ether oxygens (including phenoxy) is 2. The van der Waals surface area contributed by atoms with Gasteiger partial charge in [0.25, 0.3) is 0 Å². The molecule has 1 aliphatic heterocycles. The number of nitrogens with zero attached hydrogens (tertiary/aromatic N) is 4. The lowest BCUT2D eigenvalue weighted by molar-refractivity contribution is -0.131. The maximum Gasteiger partial charge on any atom is 0.350 e. The number of hydrogen-bond donors (Lipinski definition) is 0.